The van der Waals surface area contributed by atoms with Crippen LogP contribution in [-0.4, -0.2) is 29.4 Å². The molecule has 5 heteroatoms. The van der Waals surface area contributed by atoms with Crippen molar-refractivity contribution >= 4 is 5.91 Å². The first kappa shape index (κ1) is 13.5. The highest BCUT2D eigenvalue weighted by Gasteiger charge is 2.36. The molecule has 1 aromatic rings. The van der Waals surface area contributed by atoms with Crippen LogP contribution in [0.25, 0.3) is 0 Å². The molecule has 1 amide bonds. The van der Waals surface area contributed by atoms with E-state index in [1.54, 1.807) is 4.90 Å². The van der Waals surface area contributed by atoms with Crippen molar-refractivity contribution in [1.29, 1.82) is 0 Å². The minimum Gasteiger partial charge on any atom is -0.334 e. The van der Waals surface area contributed by atoms with Gasteiger partial charge >= 0.3 is 0 Å². The molecular weight excluding hydrogens is 262 g/mol. The number of hydrogen-bond acceptors (Lipinski definition) is 2. The zero-order chi connectivity index (χ0) is 14.1. The smallest absolute Gasteiger partial charge is 0.240 e. The van der Waals surface area contributed by atoms with E-state index in [0.29, 0.717) is 5.56 Å². The molecule has 1 saturated carbocycles. The van der Waals surface area contributed by atoms with Crippen LogP contribution in [0.4, 0.5) is 8.78 Å². The highest BCUT2D eigenvalue weighted by Crippen LogP contribution is 2.30. The lowest BCUT2D eigenvalue weighted by Gasteiger charge is -2.26. The molecule has 1 aromatic carbocycles. The van der Waals surface area contributed by atoms with Crippen LogP contribution in [0.1, 0.15) is 31.2 Å². The van der Waals surface area contributed by atoms with Crippen molar-refractivity contribution in [1.82, 2.24) is 10.2 Å². The number of benzene rings is 1. The highest BCUT2D eigenvalue weighted by molar-refractivity contribution is 5.82. The molecule has 108 valence electrons. The monoisotopic (exact) mass is 280 g/mol. The number of hydrogen-bond donors (Lipinski definition) is 1. The Kier molecular flexibility index (Phi) is 3.70. The number of amides is 1. The van der Waals surface area contributed by atoms with Gasteiger partial charge < -0.3 is 10.2 Å². The van der Waals surface area contributed by atoms with E-state index in [0.717, 1.165) is 38.3 Å². The van der Waals surface area contributed by atoms with Crippen LogP contribution in [0, 0.1) is 11.6 Å². The van der Waals surface area contributed by atoms with Crippen LogP contribution in [0.5, 0.6) is 0 Å². The topological polar surface area (TPSA) is 32.3 Å². The summed E-state index contributed by atoms with van der Waals surface area (Å²) in [5.41, 5.74) is 0.379. The molecule has 0 unspecified atom stereocenters. The van der Waals surface area contributed by atoms with Gasteiger partial charge in [-0.25, -0.2) is 8.78 Å². The molecule has 1 heterocycles. The summed E-state index contributed by atoms with van der Waals surface area (Å²) in [5, 5.41) is 3.18. The number of carbonyl (C=O) groups is 1. The minimum atomic E-state index is -0.590. The van der Waals surface area contributed by atoms with Gasteiger partial charge in [-0.05, 0) is 38.3 Å². The summed E-state index contributed by atoms with van der Waals surface area (Å²) >= 11 is 0. The van der Waals surface area contributed by atoms with Crippen LogP contribution < -0.4 is 5.32 Å². The maximum absolute atomic E-state index is 13.7. The molecule has 3 nitrogen and oxygen atoms in total. The molecule has 1 N–H and O–H groups in total. The SMILES string of the molecule is O=C([C@H]1CCCN1)N(Cc1ccc(F)cc1F)C1CC1. The molecule has 0 radical (unpaired) electrons. The lowest BCUT2D eigenvalue weighted by atomic mass is 10.1. The molecule has 2 aliphatic rings. The van der Waals surface area contributed by atoms with E-state index < -0.39 is 11.6 Å². The second kappa shape index (κ2) is 5.48. The van der Waals surface area contributed by atoms with E-state index in [4.69, 9.17) is 0 Å². The first-order chi connectivity index (χ1) is 9.65. The third kappa shape index (κ3) is 2.82. The maximum Gasteiger partial charge on any atom is 0.240 e. The van der Waals surface area contributed by atoms with E-state index in [1.807, 2.05) is 0 Å². The lowest BCUT2D eigenvalue weighted by molar-refractivity contribution is -0.134. The second-order valence-electron chi connectivity index (χ2n) is 5.58. The first-order valence-corrected chi connectivity index (χ1v) is 7.13. The Hall–Kier alpha value is -1.49. The van der Waals surface area contributed by atoms with Crippen LogP contribution in [0.15, 0.2) is 18.2 Å². The van der Waals surface area contributed by atoms with Crippen molar-refractivity contribution in [3.8, 4) is 0 Å². The Morgan fingerprint density at radius 2 is 2.10 bits per heavy atom. The number of rotatable bonds is 4. The van der Waals surface area contributed by atoms with Gasteiger partial charge in [-0.15, -0.1) is 0 Å². The zero-order valence-electron chi connectivity index (χ0n) is 11.2. The van der Waals surface area contributed by atoms with Crippen molar-refractivity contribution in [2.24, 2.45) is 0 Å². The number of halogens is 2. The average molecular weight is 280 g/mol. The Balaban J connectivity index is 1.75. The van der Waals surface area contributed by atoms with Gasteiger partial charge in [0.2, 0.25) is 5.91 Å². The second-order valence-corrected chi connectivity index (χ2v) is 5.58. The van der Waals surface area contributed by atoms with E-state index >= 15 is 0 Å². The Morgan fingerprint density at radius 1 is 1.30 bits per heavy atom. The van der Waals surface area contributed by atoms with Crippen molar-refractivity contribution in [2.45, 2.75) is 44.3 Å². The highest BCUT2D eigenvalue weighted by atomic mass is 19.1. The van der Waals surface area contributed by atoms with Crippen LogP contribution >= 0.6 is 0 Å². The third-order valence-corrected chi connectivity index (χ3v) is 3.98. The van der Waals surface area contributed by atoms with Gasteiger partial charge in [0.25, 0.3) is 0 Å². The van der Waals surface area contributed by atoms with E-state index in [-0.39, 0.29) is 24.5 Å². The summed E-state index contributed by atoms with van der Waals surface area (Å²) in [4.78, 5) is 14.2. The fourth-order valence-electron chi connectivity index (χ4n) is 2.70. The van der Waals surface area contributed by atoms with Gasteiger partial charge in [-0.3, -0.25) is 4.79 Å². The van der Waals surface area contributed by atoms with Gasteiger partial charge in [-0.1, -0.05) is 6.07 Å². The molecule has 1 aliphatic carbocycles. The zero-order valence-corrected chi connectivity index (χ0v) is 11.2. The number of nitrogens with one attached hydrogen (secondary N) is 1. The first-order valence-electron chi connectivity index (χ1n) is 7.13. The standard InChI is InChI=1S/C15H18F2N2O/c16-11-4-3-10(13(17)8-11)9-19(12-5-6-12)15(20)14-2-1-7-18-14/h3-4,8,12,14,18H,1-2,5-7,9H2/t14-/m1/s1. The fraction of sp³-hybridized carbons (Fsp3) is 0.533. The van der Waals surface area contributed by atoms with Crippen LogP contribution in [-0.2, 0) is 11.3 Å². The predicted octanol–water partition coefficient (Wildman–Crippen LogP) is 2.21. The summed E-state index contributed by atoms with van der Waals surface area (Å²) < 4.78 is 26.7. The third-order valence-electron chi connectivity index (χ3n) is 3.98. The molecule has 1 atom stereocenters. The van der Waals surface area contributed by atoms with E-state index in [2.05, 4.69) is 5.32 Å². The van der Waals surface area contributed by atoms with Crippen molar-refractivity contribution in [3.05, 3.63) is 35.4 Å². The number of nitrogens with zero attached hydrogens (tertiary/aromatic N) is 1. The summed E-state index contributed by atoms with van der Waals surface area (Å²) in [6, 6.07) is 3.61. The molecule has 0 aromatic heterocycles. The Labute approximate surface area is 117 Å². The normalized spacial score (nSPS) is 22.0. The molecule has 20 heavy (non-hydrogen) atoms. The molecule has 1 saturated heterocycles. The van der Waals surface area contributed by atoms with Gasteiger partial charge in [0.05, 0.1) is 6.04 Å². The molecule has 3 rings (SSSR count). The van der Waals surface area contributed by atoms with Gasteiger partial charge in [0, 0.05) is 24.2 Å². The summed E-state index contributed by atoms with van der Waals surface area (Å²) in [5.74, 6) is -1.12. The summed E-state index contributed by atoms with van der Waals surface area (Å²) in [6.45, 7) is 1.09. The fourth-order valence-corrected chi connectivity index (χ4v) is 2.70. The number of carbonyl (C=O) groups excluding carboxylic acids is 1. The van der Waals surface area contributed by atoms with Crippen molar-refractivity contribution in [2.75, 3.05) is 6.54 Å². The Morgan fingerprint density at radius 3 is 2.70 bits per heavy atom. The minimum absolute atomic E-state index is 0.0497. The van der Waals surface area contributed by atoms with Crippen molar-refractivity contribution in [3.63, 3.8) is 0 Å². The van der Waals surface area contributed by atoms with Gasteiger partial charge in [0.1, 0.15) is 11.6 Å². The van der Waals surface area contributed by atoms with E-state index in [1.165, 1.54) is 12.1 Å². The molecule has 0 bridgehead atoms. The molecule has 0 spiro atoms. The summed E-state index contributed by atoms with van der Waals surface area (Å²) in [7, 11) is 0. The lowest BCUT2D eigenvalue weighted by Crippen LogP contribution is -2.44. The predicted molar refractivity (Wildman–Crippen MR) is 71.0 cm³/mol. The largest absolute Gasteiger partial charge is 0.334 e. The molecule has 1 aliphatic heterocycles. The maximum atomic E-state index is 13.7. The average Bonchev–Trinajstić information content (AvgIpc) is 3.11. The molecule has 2 fully saturated rings. The van der Waals surface area contributed by atoms with Crippen LogP contribution in [0.3, 0.4) is 0 Å². The molecular formula is C15H18F2N2O. The quantitative estimate of drug-likeness (QED) is 0.917. The Bertz CT molecular complexity index is 511. The van der Waals surface area contributed by atoms with Crippen LogP contribution in [0.2, 0.25) is 0 Å². The van der Waals surface area contributed by atoms with Crippen molar-refractivity contribution < 1.29 is 13.6 Å². The van der Waals surface area contributed by atoms with Gasteiger partial charge in [0.15, 0.2) is 0 Å². The van der Waals surface area contributed by atoms with E-state index in [9.17, 15) is 13.6 Å². The van der Waals surface area contributed by atoms with Gasteiger partial charge in [-0.2, -0.15) is 0 Å². The summed E-state index contributed by atoms with van der Waals surface area (Å²) in [6.07, 6.45) is 3.79.